The fourth-order valence-corrected chi connectivity index (χ4v) is 1.72. The average Bonchev–Trinajstić information content (AvgIpc) is 2.18. The van der Waals surface area contributed by atoms with E-state index in [0.29, 0.717) is 0 Å². The summed E-state index contributed by atoms with van der Waals surface area (Å²) in [5, 5.41) is 12.4. The van der Waals surface area contributed by atoms with Gasteiger partial charge in [-0.15, -0.1) is 0 Å². The summed E-state index contributed by atoms with van der Waals surface area (Å²) < 4.78 is 0. The van der Waals surface area contributed by atoms with Crippen molar-refractivity contribution in [1.29, 1.82) is 0 Å². The fraction of sp³-hybridized carbons (Fsp3) is 0.500. The van der Waals surface area contributed by atoms with E-state index in [-0.39, 0.29) is 12.5 Å². The summed E-state index contributed by atoms with van der Waals surface area (Å²) in [5.41, 5.74) is 3.76. The van der Waals surface area contributed by atoms with Crippen molar-refractivity contribution in [2.24, 2.45) is 0 Å². The lowest BCUT2D eigenvalue weighted by molar-refractivity contribution is 0.263. The molecule has 2 heteroatoms. The zero-order valence-electron chi connectivity index (χ0n) is 9.17. The third kappa shape index (κ3) is 2.56. The molecule has 0 fully saturated rings. The first-order valence-electron chi connectivity index (χ1n) is 5.01. The van der Waals surface area contributed by atoms with Gasteiger partial charge in [0, 0.05) is 12.5 Å². The zero-order chi connectivity index (χ0) is 10.6. The van der Waals surface area contributed by atoms with Gasteiger partial charge in [-0.2, -0.15) is 0 Å². The van der Waals surface area contributed by atoms with Crippen LogP contribution in [0.25, 0.3) is 0 Å². The number of aryl methyl sites for hydroxylation is 2. The van der Waals surface area contributed by atoms with E-state index >= 15 is 0 Å². The number of nitrogens with one attached hydrogen (secondary N) is 1. The van der Waals surface area contributed by atoms with Crippen molar-refractivity contribution in [3.63, 3.8) is 0 Å². The van der Waals surface area contributed by atoms with Crippen molar-refractivity contribution in [2.75, 3.05) is 20.2 Å². The summed E-state index contributed by atoms with van der Waals surface area (Å²) in [4.78, 5) is 0. The molecule has 0 spiro atoms. The number of aliphatic hydroxyl groups excluding tert-OH is 1. The number of benzene rings is 1. The number of hydrogen-bond donors (Lipinski definition) is 2. The van der Waals surface area contributed by atoms with Gasteiger partial charge < -0.3 is 10.4 Å². The van der Waals surface area contributed by atoms with Gasteiger partial charge in [-0.25, -0.2) is 0 Å². The van der Waals surface area contributed by atoms with Crippen molar-refractivity contribution in [2.45, 2.75) is 19.8 Å². The molecule has 0 amide bonds. The van der Waals surface area contributed by atoms with Crippen LogP contribution in [-0.2, 0) is 0 Å². The molecule has 0 aromatic heterocycles. The molecule has 0 aliphatic carbocycles. The van der Waals surface area contributed by atoms with Crippen molar-refractivity contribution in [3.05, 3.63) is 34.9 Å². The predicted molar refractivity (Wildman–Crippen MR) is 59.7 cm³/mol. The van der Waals surface area contributed by atoms with E-state index in [1.54, 1.807) is 0 Å². The predicted octanol–water partition coefficient (Wildman–Crippen LogP) is 1.60. The van der Waals surface area contributed by atoms with E-state index in [1.807, 2.05) is 7.05 Å². The van der Waals surface area contributed by atoms with Gasteiger partial charge in [-0.05, 0) is 32.0 Å². The Hall–Kier alpha value is -0.860. The van der Waals surface area contributed by atoms with Gasteiger partial charge in [0.2, 0.25) is 0 Å². The van der Waals surface area contributed by atoms with Crippen LogP contribution in [0.15, 0.2) is 18.2 Å². The molecule has 2 nitrogen and oxygen atoms in total. The Morgan fingerprint density at radius 2 is 2.07 bits per heavy atom. The van der Waals surface area contributed by atoms with E-state index in [1.165, 1.54) is 16.7 Å². The third-order valence-corrected chi connectivity index (χ3v) is 2.55. The highest BCUT2D eigenvalue weighted by Crippen LogP contribution is 2.20. The minimum Gasteiger partial charge on any atom is -0.396 e. The van der Waals surface area contributed by atoms with E-state index in [4.69, 9.17) is 0 Å². The molecule has 2 N–H and O–H groups in total. The summed E-state index contributed by atoms with van der Waals surface area (Å²) in [7, 11) is 1.91. The standard InChI is InChI=1S/C12H19NO/c1-9-4-5-10(2)12(6-9)11(8-14)7-13-3/h4-6,11,13-14H,7-8H2,1-3H3. The number of rotatable bonds is 4. The quantitative estimate of drug-likeness (QED) is 0.761. The largest absolute Gasteiger partial charge is 0.396 e. The first kappa shape index (κ1) is 11.2. The molecule has 1 unspecified atom stereocenters. The van der Waals surface area contributed by atoms with Gasteiger partial charge in [-0.1, -0.05) is 23.8 Å². The van der Waals surface area contributed by atoms with Crippen LogP contribution in [0.4, 0.5) is 0 Å². The van der Waals surface area contributed by atoms with E-state index in [0.717, 1.165) is 6.54 Å². The zero-order valence-corrected chi connectivity index (χ0v) is 9.17. The highest BCUT2D eigenvalue weighted by Gasteiger charge is 2.11. The first-order valence-corrected chi connectivity index (χ1v) is 5.01. The summed E-state index contributed by atoms with van der Waals surface area (Å²) in [6, 6.07) is 6.38. The van der Waals surface area contributed by atoms with Crippen molar-refractivity contribution in [1.82, 2.24) is 5.32 Å². The van der Waals surface area contributed by atoms with Crippen LogP contribution in [-0.4, -0.2) is 25.3 Å². The summed E-state index contributed by atoms with van der Waals surface area (Å²) in [5.74, 6) is 0.208. The monoisotopic (exact) mass is 193 g/mol. The molecule has 0 bridgehead atoms. The first-order chi connectivity index (χ1) is 6.69. The lowest BCUT2D eigenvalue weighted by Crippen LogP contribution is -2.20. The Balaban J connectivity index is 2.96. The molecule has 0 aliphatic rings. The van der Waals surface area contributed by atoms with E-state index in [2.05, 4.69) is 37.4 Å². The Morgan fingerprint density at radius 3 is 2.64 bits per heavy atom. The van der Waals surface area contributed by atoms with Crippen molar-refractivity contribution in [3.8, 4) is 0 Å². The Labute approximate surface area is 86.0 Å². The summed E-state index contributed by atoms with van der Waals surface area (Å²) in [6.07, 6.45) is 0. The molecule has 1 rings (SSSR count). The topological polar surface area (TPSA) is 32.3 Å². The fourth-order valence-electron chi connectivity index (χ4n) is 1.72. The number of likely N-dealkylation sites (N-methyl/N-ethyl adjacent to an activating group) is 1. The maximum absolute atomic E-state index is 9.29. The molecule has 78 valence electrons. The molecule has 14 heavy (non-hydrogen) atoms. The second-order valence-corrected chi connectivity index (χ2v) is 3.80. The average molecular weight is 193 g/mol. The molecule has 1 aromatic rings. The van der Waals surface area contributed by atoms with E-state index < -0.39 is 0 Å². The van der Waals surface area contributed by atoms with E-state index in [9.17, 15) is 5.11 Å². The lowest BCUT2D eigenvalue weighted by Gasteiger charge is -2.17. The van der Waals surface area contributed by atoms with Crippen LogP contribution in [0.2, 0.25) is 0 Å². The van der Waals surface area contributed by atoms with Crippen LogP contribution in [0.3, 0.4) is 0 Å². The number of aliphatic hydroxyl groups is 1. The molecule has 0 heterocycles. The second kappa shape index (κ2) is 5.13. The third-order valence-electron chi connectivity index (χ3n) is 2.55. The van der Waals surface area contributed by atoms with Gasteiger partial charge in [0.25, 0.3) is 0 Å². The summed E-state index contributed by atoms with van der Waals surface area (Å²) in [6.45, 7) is 5.19. The van der Waals surface area contributed by atoms with Crippen molar-refractivity contribution >= 4 is 0 Å². The maximum Gasteiger partial charge on any atom is 0.0512 e. The molecule has 0 radical (unpaired) electrons. The van der Waals surface area contributed by atoms with Gasteiger partial charge in [0.15, 0.2) is 0 Å². The lowest BCUT2D eigenvalue weighted by atomic mass is 9.94. The van der Waals surface area contributed by atoms with Gasteiger partial charge in [-0.3, -0.25) is 0 Å². The van der Waals surface area contributed by atoms with Gasteiger partial charge in [0.1, 0.15) is 0 Å². The van der Waals surface area contributed by atoms with Gasteiger partial charge >= 0.3 is 0 Å². The molecule has 1 aromatic carbocycles. The normalized spacial score (nSPS) is 12.9. The summed E-state index contributed by atoms with van der Waals surface area (Å²) >= 11 is 0. The Kier molecular flexibility index (Phi) is 4.11. The molecule has 0 aliphatic heterocycles. The van der Waals surface area contributed by atoms with Gasteiger partial charge in [0.05, 0.1) is 6.61 Å². The second-order valence-electron chi connectivity index (χ2n) is 3.80. The smallest absolute Gasteiger partial charge is 0.0512 e. The molecular weight excluding hydrogens is 174 g/mol. The van der Waals surface area contributed by atoms with Crippen LogP contribution < -0.4 is 5.32 Å². The minimum absolute atomic E-state index is 0.200. The van der Waals surface area contributed by atoms with Crippen molar-refractivity contribution < 1.29 is 5.11 Å². The van der Waals surface area contributed by atoms with Crippen LogP contribution in [0, 0.1) is 13.8 Å². The van der Waals surface area contributed by atoms with Crippen LogP contribution >= 0.6 is 0 Å². The highest BCUT2D eigenvalue weighted by molar-refractivity contribution is 5.33. The SMILES string of the molecule is CNCC(CO)c1cc(C)ccc1C. The van der Waals surface area contributed by atoms with Crippen LogP contribution in [0.1, 0.15) is 22.6 Å². The number of hydrogen-bond acceptors (Lipinski definition) is 2. The highest BCUT2D eigenvalue weighted by atomic mass is 16.3. The Morgan fingerprint density at radius 1 is 1.36 bits per heavy atom. The van der Waals surface area contributed by atoms with Crippen LogP contribution in [0.5, 0.6) is 0 Å². The molecule has 0 saturated heterocycles. The Bertz CT molecular complexity index is 296. The minimum atomic E-state index is 0.200. The molecule has 1 atom stereocenters. The molecular formula is C12H19NO. The maximum atomic E-state index is 9.29. The molecule has 0 saturated carbocycles.